The Bertz CT molecular complexity index is 673. The molecule has 0 fully saturated rings. The number of anilines is 1. The summed E-state index contributed by atoms with van der Waals surface area (Å²) in [4.78, 5) is 36.1. The van der Waals surface area contributed by atoms with Crippen LogP contribution in [-0.2, 0) is 6.54 Å². The molecule has 0 radical (unpaired) electrons. The van der Waals surface area contributed by atoms with Gasteiger partial charge in [-0.15, -0.1) is 0 Å². The van der Waals surface area contributed by atoms with Crippen LogP contribution in [0.3, 0.4) is 0 Å². The molecule has 0 spiro atoms. The molecule has 0 saturated carbocycles. The fraction of sp³-hybridized carbons (Fsp3) is 0.154. The van der Waals surface area contributed by atoms with Crippen molar-refractivity contribution in [2.45, 2.75) is 13.5 Å². The fourth-order valence-electron chi connectivity index (χ4n) is 1.54. The Morgan fingerprint density at radius 2 is 1.95 bits per heavy atom. The molecule has 2 rings (SSSR count). The van der Waals surface area contributed by atoms with Crippen LogP contribution in [0.2, 0.25) is 0 Å². The van der Waals surface area contributed by atoms with Crippen LogP contribution in [0.5, 0.6) is 0 Å². The van der Waals surface area contributed by atoms with Crippen molar-refractivity contribution in [3.8, 4) is 0 Å². The van der Waals surface area contributed by atoms with Crippen molar-refractivity contribution in [1.29, 1.82) is 0 Å². The molecule has 1 aromatic heterocycles. The highest BCUT2D eigenvalue weighted by atomic mass is 32.1. The SMILES string of the molecule is CC(=O)c1ccc(NC(=O)NCc2csc(=O)[nH]2)cc1. The molecule has 0 aliphatic heterocycles. The number of H-pyrrole nitrogens is 1. The Labute approximate surface area is 118 Å². The monoisotopic (exact) mass is 291 g/mol. The second-order valence-electron chi connectivity index (χ2n) is 4.11. The fourth-order valence-corrected chi connectivity index (χ4v) is 2.12. The average Bonchev–Trinajstić information content (AvgIpc) is 2.83. The van der Waals surface area contributed by atoms with Gasteiger partial charge < -0.3 is 15.6 Å². The second kappa shape index (κ2) is 6.16. The Morgan fingerprint density at radius 3 is 2.50 bits per heavy atom. The molecule has 3 N–H and O–H groups in total. The molecule has 2 aromatic rings. The van der Waals surface area contributed by atoms with Crippen molar-refractivity contribution in [3.05, 3.63) is 50.6 Å². The minimum atomic E-state index is -0.382. The summed E-state index contributed by atoms with van der Waals surface area (Å²) in [5.41, 5.74) is 1.83. The van der Waals surface area contributed by atoms with Gasteiger partial charge >= 0.3 is 10.9 Å². The molecule has 2 amide bonds. The normalized spacial score (nSPS) is 10.1. The number of aromatic nitrogens is 1. The standard InChI is InChI=1S/C13H13N3O3S/c1-8(17)9-2-4-10(5-3-9)15-12(18)14-6-11-7-20-13(19)16-11/h2-5,7H,6H2,1H3,(H,16,19)(H2,14,15,18). The number of hydrogen-bond donors (Lipinski definition) is 3. The predicted molar refractivity (Wildman–Crippen MR) is 77.2 cm³/mol. The van der Waals surface area contributed by atoms with Crippen LogP contribution in [0.4, 0.5) is 10.5 Å². The number of Topliss-reactive ketones (excluding diaryl/α,β-unsaturated/α-hetero) is 1. The summed E-state index contributed by atoms with van der Waals surface area (Å²) in [6, 6.07) is 6.22. The van der Waals surface area contributed by atoms with Gasteiger partial charge in [0.05, 0.1) is 6.54 Å². The molecule has 104 valence electrons. The van der Waals surface area contributed by atoms with E-state index in [-0.39, 0.29) is 23.2 Å². The zero-order valence-corrected chi connectivity index (χ0v) is 11.5. The van der Waals surface area contributed by atoms with Gasteiger partial charge in [-0.1, -0.05) is 11.3 Å². The quantitative estimate of drug-likeness (QED) is 0.752. The lowest BCUT2D eigenvalue weighted by molar-refractivity contribution is 0.101. The van der Waals surface area contributed by atoms with Gasteiger partial charge in [0.15, 0.2) is 5.78 Å². The summed E-state index contributed by atoms with van der Waals surface area (Å²) in [5.74, 6) is -0.0255. The van der Waals surface area contributed by atoms with E-state index in [0.29, 0.717) is 16.9 Å². The topological polar surface area (TPSA) is 91.1 Å². The zero-order valence-electron chi connectivity index (χ0n) is 10.7. The number of carbonyl (C=O) groups excluding carboxylic acids is 2. The third kappa shape index (κ3) is 3.79. The lowest BCUT2D eigenvalue weighted by Crippen LogP contribution is -2.28. The first-order valence-electron chi connectivity index (χ1n) is 5.87. The lowest BCUT2D eigenvalue weighted by atomic mass is 10.1. The van der Waals surface area contributed by atoms with E-state index in [4.69, 9.17) is 0 Å². The second-order valence-corrected chi connectivity index (χ2v) is 4.96. The van der Waals surface area contributed by atoms with Crippen molar-refractivity contribution in [1.82, 2.24) is 10.3 Å². The van der Waals surface area contributed by atoms with Crippen LogP contribution in [-0.4, -0.2) is 16.8 Å². The predicted octanol–water partition coefficient (Wildman–Crippen LogP) is 1.96. The molecular weight excluding hydrogens is 278 g/mol. The Hall–Kier alpha value is -2.41. The van der Waals surface area contributed by atoms with E-state index in [1.54, 1.807) is 29.6 Å². The van der Waals surface area contributed by atoms with Crippen LogP contribution >= 0.6 is 11.3 Å². The number of hydrogen-bond acceptors (Lipinski definition) is 4. The molecule has 6 nitrogen and oxygen atoms in total. The van der Waals surface area contributed by atoms with Gasteiger partial charge in [0.25, 0.3) is 0 Å². The van der Waals surface area contributed by atoms with Gasteiger partial charge in [-0.05, 0) is 31.2 Å². The maximum absolute atomic E-state index is 11.6. The highest BCUT2D eigenvalue weighted by Crippen LogP contribution is 2.09. The van der Waals surface area contributed by atoms with Gasteiger partial charge in [0.2, 0.25) is 0 Å². The van der Waals surface area contributed by atoms with Crippen LogP contribution < -0.4 is 15.5 Å². The van der Waals surface area contributed by atoms with E-state index >= 15 is 0 Å². The van der Waals surface area contributed by atoms with Crippen LogP contribution in [0.25, 0.3) is 0 Å². The Morgan fingerprint density at radius 1 is 1.25 bits per heavy atom. The number of thiazole rings is 1. The van der Waals surface area contributed by atoms with Gasteiger partial charge in [0, 0.05) is 22.3 Å². The van der Waals surface area contributed by atoms with E-state index in [2.05, 4.69) is 15.6 Å². The van der Waals surface area contributed by atoms with Gasteiger partial charge in [-0.25, -0.2) is 4.79 Å². The van der Waals surface area contributed by atoms with Crippen molar-refractivity contribution in [3.63, 3.8) is 0 Å². The summed E-state index contributed by atoms with van der Waals surface area (Å²) in [5, 5.41) is 6.91. The number of amides is 2. The first-order chi connectivity index (χ1) is 9.54. The summed E-state index contributed by atoms with van der Waals surface area (Å²) >= 11 is 1.05. The molecule has 0 atom stereocenters. The highest BCUT2D eigenvalue weighted by Gasteiger charge is 2.04. The van der Waals surface area contributed by atoms with Crippen molar-refractivity contribution >= 4 is 28.8 Å². The van der Waals surface area contributed by atoms with E-state index in [9.17, 15) is 14.4 Å². The molecule has 1 heterocycles. The largest absolute Gasteiger partial charge is 0.332 e. The maximum atomic E-state index is 11.6. The number of benzene rings is 1. The van der Waals surface area contributed by atoms with Gasteiger partial charge in [-0.2, -0.15) is 0 Å². The lowest BCUT2D eigenvalue weighted by Gasteiger charge is -2.07. The summed E-state index contributed by atoms with van der Waals surface area (Å²) in [7, 11) is 0. The Kier molecular flexibility index (Phi) is 4.31. The molecule has 1 aromatic carbocycles. The number of ketones is 1. The smallest absolute Gasteiger partial charge is 0.319 e. The molecule has 7 heteroatoms. The number of aromatic amines is 1. The number of nitrogens with one attached hydrogen (secondary N) is 3. The highest BCUT2D eigenvalue weighted by molar-refractivity contribution is 7.07. The molecule has 0 unspecified atom stereocenters. The molecule has 0 saturated heterocycles. The van der Waals surface area contributed by atoms with Crippen molar-refractivity contribution < 1.29 is 9.59 Å². The molecule has 20 heavy (non-hydrogen) atoms. The molecular formula is C13H13N3O3S. The van der Waals surface area contributed by atoms with Crippen LogP contribution in [0.15, 0.2) is 34.4 Å². The molecule has 0 bridgehead atoms. The van der Waals surface area contributed by atoms with E-state index < -0.39 is 0 Å². The third-order valence-corrected chi connectivity index (χ3v) is 3.28. The minimum absolute atomic E-state index is 0.0255. The van der Waals surface area contributed by atoms with Gasteiger partial charge in [-0.3, -0.25) is 9.59 Å². The average molecular weight is 291 g/mol. The molecule has 0 aliphatic carbocycles. The van der Waals surface area contributed by atoms with E-state index in [1.165, 1.54) is 6.92 Å². The zero-order chi connectivity index (χ0) is 14.5. The Balaban J connectivity index is 1.87. The minimum Gasteiger partial charge on any atom is -0.332 e. The van der Waals surface area contributed by atoms with Crippen LogP contribution in [0, 0.1) is 0 Å². The van der Waals surface area contributed by atoms with Crippen molar-refractivity contribution in [2.75, 3.05) is 5.32 Å². The number of urea groups is 1. The summed E-state index contributed by atoms with van der Waals surface area (Å²) in [6.07, 6.45) is 0. The first-order valence-corrected chi connectivity index (χ1v) is 6.75. The van der Waals surface area contributed by atoms with Crippen molar-refractivity contribution in [2.24, 2.45) is 0 Å². The van der Waals surface area contributed by atoms with Crippen LogP contribution in [0.1, 0.15) is 23.0 Å². The summed E-state index contributed by atoms with van der Waals surface area (Å²) in [6.45, 7) is 1.73. The molecule has 0 aliphatic rings. The summed E-state index contributed by atoms with van der Waals surface area (Å²) < 4.78 is 0. The maximum Gasteiger partial charge on any atom is 0.319 e. The van der Waals surface area contributed by atoms with E-state index in [0.717, 1.165) is 11.3 Å². The van der Waals surface area contributed by atoms with E-state index in [1.807, 2.05) is 0 Å². The van der Waals surface area contributed by atoms with Gasteiger partial charge in [0.1, 0.15) is 0 Å². The number of rotatable bonds is 4. The number of carbonyl (C=O) groups is 2. The third-order valence-electron chi connectivity index (χ3n) is 2.56. The first kappa shape index (κ1) is 14.0.